The lowest BCUT2D eigenvalue weighted by molar-refractivity contribution is -0.137. The van der Waals surface area contributed by atoms with E-state index in [4.69, 9.17) is 9.84 Å². The Morgan fingerprint density at radius 2 is 1.83 bits per heavy atom. The largest absolute Gasteiger partial charge is 0.385 e. The van der Waals surface area contributed by atoms with Gasteiger partial charge >= 0.3 is 5.69 Å². The Morgan fingerprint density at radius 3 is 2.61 bits per heavy atom. The van der Waals surface area contributed by atoms with E-state index in [1.165, 1.54) is 14.7 Å². The van der Waals surface area contributed by atoms with Crippen LogP contribution in [0.5, 0.6) is 0 Å². The van der Waals surface area contributed by atoms with Crippen LogP contribution in [0.25, 0.3) is 16.7 Å². The van der Waals surface area contributed by atoms with Crippen molar-refractivity contribution in [1.29, 1.82) is 0 Å². The van der Waals surface area contributed by atoms with E-state index in [2.05, 4.69) is 44.5 Å². The smallest absolute Gasteiger partial charge is 0.329 e. The first-order valence-corrected chi connectivity index (χ1v) is 20.4. The molecular formula is C43H48F2N10O4. The van der Waals surface area contributed by atoms with Gasteiger partial charge in [-0.05, 0) is 74.4 Å². The zero-order valence-electron chi connectivity index (χ0n) is 33.5. The van der Waals surface area contributed by atoms with Gasteiger partial charge in [-0.3, -0.25) is 33.8 Å². The number of piperidine rings is 3. The summed E-state index contributed by atoms with van der Waals surface area (Å²) in [5.41, 5.74) is 7.55. The van der Waals surface area contributed by atoms with E-state index in [1.54, 1.807) is 25.2 Å². The molecule has 0 aliphatic carbocycles. The van der Waals surface area contributed by atoms with Gasteiger partial charge in [0.2, 0.25) is 11.8 Å². The summed E-state index contributed by atoms with van der Waals surface area (Å²) in [5.74, 6) is 3.32. The maximum atomic E-state index is 15.9. The molecule has 9 rings (SSSR count). The Labute approximate surface area is 340 Å². The number of benzene rings is 2. The molecule has 3 aromatic heterocycles. The number of ether oxygens (including phenoxy) is 1. The standard InChI is InChI=1S/C43H48F2N10O4/c1-27-24-47-40-32(46-2)23-38(49-55(27)40)53-20-15-31-29(7-4-8-33(31)53)25-51-17-16-37(43(44,45)26-51)52-18-13-30(14-19-52)59-21-5-6-28-9-10-34-36(22-28)50(3)42(58)54(34)35-11-12-39(56)48-41(35)57/h4,7-10,22-24,30,35,37,46H,11-21,25-26H2,1-3H3,(H,48,56,57). The number of amides is 2. The lowest BCUT2D eigenvalue weighted by Crippen LogP contribution is -2.59. The van der Waals surface area contributed by atoms with Crippen molar-refractivity contribution in [2.75, 3.05) is 56.6 Å². The summed E-state index contributed by atoms with van der Waals surface area (Å²) in [7, 11) is 3.52. The van der Waals surface area contributed by atoms with E-state index in [-0.39, 0.29) is 43.7 Å². The molecule has 4 aliphatic heterocycles. The third-order valence-corrected chi connectivity index (χ3v) is 12.5. The zero-order valence-corrected chi connectivity index (χ0v) is 33.5. The molecular weight excluding hydrogens is 759 g/mol. The molecule has 2 amide bonds. The molecule has 4 aliphatic rings. The molecule has 3 fully saturated rings. The zero-order chi connectivity index (χ0) is 41.0. The molecule has 0 bridgehead atoms. The second-order valence-electron chi connectivity index (χ2n) is 16.1. The molecule has 5 aromatic rings. The molecule has 0 saturated carbocycles. The van der Waals surface area contributed by atoms with Crippen LogP contribution in [0.4, 0.5) is 26.0 Å². The summed E-state index contributed by atoms with van der Waals surface area (Å²) < 4.78 is 42.7. The minimum absolute atomic E-state index is 0.0641. The summed E-state index contributed by atoms with van der Waals surface area (Å²) in [5, 5.41) is 10.5. The molecule has 2 aromatic carbocycles. The van der Waals surface area contributed by atoms with Crippen molar-refractivity contribution in [2.45, 2.75) is 76.1 Å². The lowest BCUT2D eigenvalue weighted by Gasteiger charge is -2.45. The number of fused-ring (bicyclic) bond motifs is 3. The number of hydrogen-bond acceptors (Lipinski definition) is 10. The number of halogens is 2. The summed E-state index contributed by atoms with van der Waals surface area (Å²) in [6.07, 6.45) is 4.72. The van der Waals surface area contributed by atoms with Gasteiger partial charge < -0.3 is 15.0 Å². The molecule has 0 spiro atoms. The van der Waals surface area contributed by atoms with Crippen molar-refractivity contribution < 1.29 is 23.1 Å². The number of alkyl halides is 2. The van der Waals surface area contributed by atoms with E-state index in [9.17, 15) is 14.4 Å². The van der Waals surface area contributed by atoms with Gasteiger partial charge in [-0.2, -0.15) is 0 Å². The fourth-order valence-electron chi connectivity index (χ4n) is 9.42. The molecule has 14 nitrogen and oxygen atoms in total. The van der Waals surface area contributed by atoms with Crippen LogP contribution in [-0.2, 0) is 34.3 Å². The fourth-order valence-corrected chi connectivity index (χ4v) is 9.42. The highest BCUT2D eigenvalue weighted by atomic mass is 19.3. The molecule has 16 heteroatoms. The highest BCUT2D eigenvalue weighted by Crippen LogP contribution is 2.39. The topological polar surface area (TPSA) is 134 Å². The van der Waals surface area contributed by atoms with Crippen molar-refractivity contribution in [1.82, 2.24) is 38.8 Å². The number of imidazole rings is 2. The van der Waals surface area contributed by atoms with Gasteiger partial charge in [0.05, 0.1) is 47.3 Å². The number of likely N-dealkylation sites (tertiary alicyclic amines) is 2. The van der Waals surface area contributed by atoms with Gasteiger partial charge in [-0.15, -0.1) is 5.10 Å². The van der Waals surface area contributed by atoms with Crippen molar-refractivity contribution in [3.63, 3.8) is 0 Å². The molecule has 59 heavy (non-hydrogen) atoms. The van der Waals surface area contributed by atoms with Gasteiger partial charge in [0.1, 0.15) is 12.6 Å². The maximum absolute atomic E-state index is 15.9. The first kappa shape index (κ1) is 38.9. The van der Waals surface area contributed by atoms with Crippen LogP contribution in [-0.4, -0.2) is 110 Å². The van der Waals surface area contributed by atoms with Crippen molar-refractivity contribution >= 4 is 45.7 Å². The molecule has 2 atom stereocenters. The summed E-state index contributed by atoms with van der Waals surface area (Å²) in [6, 6.07) is 12.0. The van der Waals surface area contributed by atoms with Crippen LogP contribution in [0.15, 0.2) is 53.5 Å². The van der Waals surface area contributed by atoms with Crippen molar-refractivity contribution in [2.24, 2.45) is 7.05 Å². The van der Waals surface area contributed by atoms with Crippen LogP contribution in [0.2, 0.25) is 0 Å². The average molecular weight is 807 g/mol. The minimum atomic E-state index is -2.85. The number of anilines is 3. The number of nitrogens with one attached hydrogen (secondary N) is 2. The van der Waals surface area contributed by atoms with Gasteiger partial charge in [-0.1, -0.05) is 24.0 Å². The Morgan fingerprint density at radius 1 is 1.00 bits per heavy atom. The average Bonchev–Trinajstić information content (AvgIpc) is 3.90. The Bertz CT molecular complexity index is 2580. The second kappa shape index (κ2) is 15.5. The van der Waals surface area contributed by atoms with Crippen molar-refractivity contribution in [3.05, 3.63) is 81.5 Å². The summed E-state index contributed by atoms with van der Waals surface area (Å²) >= 11 is 0. The normalized spacial score (nSPS) is 21.5. The minimum Gasteiger partial charge on any atom is -0.385 e. The Hall–Kier alpha value is -5.63. The van der Waals surface area contributed by atoms with Crippen LogP contribution in [0.1, 0.15) is 60.5 Å². The molecule has 0 radical (unpaired) electrons. The van der Waals surface area contributed by atoms with Crippen LogP contribution in [0.3, 0.4) is 0 Å². The van der Waals surface area contributed by atoms with E-state index in [1.807, 2.05) is 46.6 Å². The predicted molar refractivity (Wildman–Crippen MR) is 219 cm³/mol. The van der Waals surface area contributed by atoms with Crippen LogP contribution >= 0.6 is 0 Å². The summed E-state index contributed by atoms with van der Waals surface area (Å²) in [6.45, 7) is 4.83. The van der Waals surface area contributed by atoms with Gasteiger partial charge in [0.25, 0.3) is 5.92 Å². The van der Waals surface area contributed by atoms with E-state index < -0.39 is 23.9 Å². The first-order valence-electron chi connectivity index (χ1n) is 20.4. The van der Waals surface area contributed by atoms with Crippen LogP contribution in [0, 0.1) is 18.8 Å². The SMILES string of the molecule is CNc1cc(N2CCc3c(CN4CCC(N5CCC(OCC#Cc6ccc7c(c6)n(C)c(=O)n7C6CCC(=O)NC6=O)CC5)C(F)(F)C4)cccc32)nn2c(C)cnc12. The first-order chi connectivity index (χ1) is 28.5. The number of imide groups is 1. The second-order valence-corrected chi connectivity index (χ2v) is 16.1. The van der Waals surface area contributed by atoms with Crippen LogP contribution < -0.4 is 21.2 Å². The molecule has 308 valence electrons. The van der Waals surface area contributed by atoms with E-state index >= 15 is 8.78 Å². The number of carbonyl (C=O) groups is 2. The highest BCUT2D eigenvalue weighted by Gasteiger charge is 2.48. The molecule has 2 N–H and O–H groups in total. The third-order valence-electron chi connectivity index (χ3n) is 12.5. The maximum Gasteiger partial charge on any atom is 0.329 e. The molecule has 7 heterocycles. The highest BCUT2D eigenvalue weighted by molar-refractivity contribution is 6.00. The molecule has 2 unspecified atom stereocenters. The monoisotopic (exact) mass is 806 g/mol. The Kier molecular flexibility index (Phi) is 10.2. The van der Waals surface area contributed by atoms with Gasteiger partial charge in [0, 0.05) is 70.6 Å². The van der Waals surface area contributed by atoms with E-state index in [0.717, 1.165) is 47.1 Å². The number of aromatic nitrogens is 5. The van der Waals surface area contributed by atoms with Gasteiger partial charge in [-0.25, -0.2) is 23.1 Å². The van der Waals surface area contributed by atoms with Crippen molar-refractivity contribution in [3.8, 4) is 11.8 Å². The number of nitrogens with zero attached hydrogens (tertiary/aromatic N) is 8. The fraction of sp³-hybridized carbons (Fsp3) is 0.465. The third kappa shape index (κ3) is 7.25. The van der Waals surface area contributed by atoms with E-state index in [0.29, 0.717) is 62.0 Å². The number of carbonyl (C=O) groups excluding carboxylic acids is 2. The van der Waals surface area contributed by atoms with Gasteiger partial charge in [0.15, 0.2) is 11.5 Å². The predicted octanol–water partition coefficient (Wildman–Crippen LogP) is 4.15. The number of aryl methyl sites for hydroxylation is 2. The Balaban J connectivity index is 0.777. The number of rotatable bonds is 8. The quantitative estimate of drug-likeness (QED) is 0.174. The summed E-state index contributed by atoms with van der Waals surface area (Å²) in [4.78, 5) is 47.8. The number of hydrogen-bond donors (Lipinski definition) is 2. The molecule has 3 saturated heterocycles. The lowest BCUT2D eigenvalue weighted by atomic mass is 9.95.